The predicted molar refractivity (Wildman–Crippen MR) is 71.4 cm³/mol. The molecule has 1 N–H and O–H groups in total. The van der Waals surface area contributed by atoms with Gasteiger partial charge in [0.1, 0.15) is 0 Å². The molecule has 2 aromatic heterocycles. The number of hydrogen-bond acceptors (Lipinski definition) is 8. The van der Waals surface area contributed by atoms with Crippen molar-refractivity contribution < 1.29 is 4.74 Å². The molecular weight excluding hydrogens is 264 g/mol. The highest BCUT2D eigenvalue weighted by atomic mass is 32.2. The van der Waals surface area contributed by atoms with Crippen LogP contribution in [0.5, 0.6) is 6.01 Å². The molecule has 7 nitrogen and oxygen atoms in total. The number of hydrogen-bond donors (Lipinski definition) is 1. The first kappa shape index (κ1) is 13.5. The van der Waals surface area contributed by atoms with Gasteiger partial charge >= 0.3 is 6.01 Å². The quantitative estimate of drug-likeness (QED) is 0.825. The van der Waals surface area contributed by atoms with Gasteiger partial charge < -0.3 is 10.1 Å². The molecular formula is C11H14N6OS. The molecule has 2 aromatic rings. The van der Waals surface area contributed by atoms with Gasteiger partial charge in [0.15, 0.2) is 5.16 Å². The lowest BCUT2D eigenvalue weighted by Gasteiger charge is -2.05. The van der Waals surface area contributed by atoms with E-state index in [1.54, 1.807) is 19.4 Å². The molecule has 0 spiro atoms. The van der Waals surface area contributed by atoms with Gasteiger partial charge in [0.05, 0.1) is 6.61 Å². The van der Waals surface area contributed by atoms with E-state index in [9.17, 15) is 0 Å². The molecule has 0 bridgehead atoms. The number of aryl methyl sites for hydroxylation is 1. The zero-order chi connectivity index (χ0) is 13.7. The zero-order valence-electron chi connectivity index (χ0n) is 10.9. The molecule has 0 saturated heterocycles. The fourth-order valence-electron chi connectivity index (χ4n) is 1.20. The minimum absolute atomic E-state index is 0.288. The predicted octanol–water partition coefficient (Wildman–Crippen LogP) is 1.56. The fourth-order valence-corrected chi connectivity index (χ4v) is 1.83. The Morgan fingerprint density at radius 3 is 2.53 bits per heavy atom. The van der Waals surface area contributed by atoms with Crippen molar-refractivity contribution in [3.05, 3.63) is 18.0 Å². The summed E-state index contributed by atoms with van der Waals surface area (Å²) in [6.07, 6.45) is 3.50. The molecule has 8 heteroatoms. The van der Waals surface area contributed by atoms with Crippen LogP contribution in [0.1, 0.15) is 12.5 Å². The van der Waals surface area contributed by atoms with E-state index in [-0.39, 0.29) is 6.01 Å². The first-order valence-electron chi connectivity index (χ1n) is 5.74. The van der Waals surface area contributed by atoms with Gasteiger partial charge in [-0.1, -0.05) is 0 Å². The van der Waals surface area contributed by atoms with Crippen LogP contribution in [-0.2, 0) is 0 Å². The van der Waals surface area contributed by atoms with Gasteiger partial charge in [0.2, 0.25) is 11.1 Å². The minimum atomic E-state index is 0.288. The normalized spacial score (nSPS) is 10.3. The first-order chi connectivity index (χ1) is 9.21. The highest BCUT2D eigenvalue weighted by molar-refractivity contribution is 7.99. The smallest absolute Gasteiger partial charge is 0.322 e. The molecule has 0 unspecified atom stereocenters. The molecule has 0 atom stereocenters. The summed E-state index contributed by atoms with van der Waals surface area (Å²) in [5.41, 5.74) is 1.01. The molecule has 0 saturated carbocycles. The van der Waals surface area contributed by atoms with Crippen LogP contribution in [0.4, 0.5) is 5.95 Å². The Morgan fingerprint density at radius 2 is 1.89 bits per heavy atom. The molecule has 0 aromatic carbocycles. The second kappa shape index (κ2) is 6.28. The van der Waals surface area contributed by atoms with Gasteiger partial charge in [-0.3, -0.25) is 0 Å². The number of aromatic nitrogens is 5. The molecule has 100 valence electrons. The largest absolute Gasteiger partial charge is 0.464 e. The number of nitrogens with zero attached hydrogens (tertiary/aromatic N) is 5. The van der Waals surface area contributed by atoms with Gasteiger partial charge in [0, 0.05) is 19.4 Å². The summed E-state index contributed by atoms with van der Waals surface area (Å²) in [7, 11) is 1.74. The topological polar surface area (TPSA) is 85.7 Å². The Morgan fingerprint density at radius 1 is 1.16 bits per heavy atom. The average molecular weight is 278 g/mol. The third-order valence-electron chi connectivity index (χ3n) is 2.03. The zero-order valence-corrected chi connectivity index (χ0v) is 11.7. The second-order valence-corrected chi connectivity index (χ2v) is 4.49. The maximum Gasteiger partial charge on any atom is 0.322 e. The molecule has 0 amide bonds. The van der Waals surface area contributed by atoms with Crippen molar-refractivity contribution in [2.24, 2.45) is 0 Å². The van der Waals surface area contributed by atoms with Crippen LogP contribution in [0.2, 0.25) is 0 Å². The Labute approximate surface area is 115 Å². The lowest BCUT2D eigenvalue weighted by Crippen LogP contribution is -2.04. The molecule has 0 aliphatic rings. The Balaban J connectivity index is 2.23. The summed E-state index contributed by atoms with van der Waals surface area (Å²) in [5, 5.41) is 3.94. The van der Waals surface area contributed by atoms with Crippen molar-refractivity contribution in [1.29, 1.82) is 0 Å². The summed E-state index contributed by atoms with van der Waals surface area (Å²) in [6.45, 7) is 4.31. The van der Waals surface area contributed by atoms with E-state index in [0.717, 1.165) is 5.56 Å². The van der Waals surface area contributed by atoms with E-state index < -0.39 is 0 Å². The highest BCUT2D eigenvalue weighted by Gasteiger charge is 2.09. The van der Waals surface area contributed by atoms with Gasteiger partial charge in [-0.15, -0.1) is 0 Å². The second-order valence-electron chi connectivity index (χ2n) is 3.55. The van der Waals surface area contributed by atoms with Crippen LogP contribution < -0.4 is 10.1 Å². The third kappa shape index (κ3) is 3.75. The lowest BCUT2D eigenvalue weighted by molar-refractivity contribution is 0.308. The Hall–Kier alpha value is -1.96. The summed E-state index contributed by atoms with van der Waals surface area (Å²) >= 11 is 1.26. The minimum Gasteiger partial charge on any atom is -0.464 e. The van der Waals surface area contributed by atoms with Crippen molar-refractivity contribution in [3.63, 3.8) is 0 Å². The number of nitrogens with one attached hydrogen (secondary N) is 1. The maximum absolute atomic E-state index is 5.29. The maximum atomic E-state index is 5.29. The lowest BCUT2D eigenvalue weighted by atomic mass is 10.4. The van der Waals surface area contributed by atoms with E-state index >= 15 is 0 Å². The standard InChI is InChI=1S/C11H14N6OS/c1-4-18-9-15-8(12-3)16-11(17-9)19-10-13-5-7(2)6-14-10/h5-6H,4H2,1-3H3,(H,12,15,16,17). The summed E-state index contributed by atoms with van der Waals surface area (Å²) < 4.78 is 5.29. The van der Waals surface area contributed by atoms with Crippen molar-refractivity contribution in [3.8, 4) is 6.01 Å². The number of rotatable bonds is 5. The van der Waals surface area contributed by atoms with Crippen LogP contribution in [0, 0.1) is 6.92 Å². The van der Waals surface area contributed by atoms with E-state index in [0.29, 0.717) is 22.9 Å². The summed E-state index contributed by atoms with van der Waals surface area (Å²) in [5.74, 6) is 0.452. The van der Waals surface area contributed by atoms with Gasteiger partial charge in [-0.2, -0.15) is 15.0 Å². The van der Waals surface area contributed by atoms with Gasteiger partial charge in [-0.25, -0.2) is 9.97 Å². The average Bonchev–Trinajstić information content (AvgIpc) is 2.41. The van der Waals surface area contributed by atoms with Crippen molar-refractivity contribution in [2.75, 3.05) is 19.0 Å². The summed E-state index contributed by atoms with van der Waals surface area (Å²) in [6, 6.07) is 0.288. The van der Waals surface area contributed by atoms with Crippen LogP contribution in [0.15, 0.2) is 22.7 Å². The van der Waals surface area contributed by atoms with E-state index in [4.69, 9.17) is 4.74 Å². The van der Waals surface area contributed by atoms with Crippen molar-refractivity contribution in [1.82, 2.24) is 24.9 Å². The van der Waals surface area contributed by atoms with Crippen molar-refractivity contribution in [2.45, 2.75) is 24.2 Å². The summed E-state index contributed by atoms with van der Waals surface area (Å²) in [4.78, 5) is 20.9. The fraction of sp³-hybridized carbons (Fsp3) is 0.364. The molecule has 0 radical (unpaired) electrons. The molecule has 0 aliphatic heterocycles. The van der Waals surface area contributed by atoms with Gasteiger partial charge in [-0.05, 0) is 31.2 Å². The molecule has 2 rings (SSSR count). The molecule has 0 aliphatic carbocycles. The monoisotopic (exact) mass is 278 g/mol. The van der Waals surface area contributed by atoms with E-state index in [2.05, 4.69) is 30.2 Å². The molecule has 2 heterocycles. The number of anilines is 1. The van der Waals surface area contributed by atoms with Gasteiger partial charge in [0.25, 0.3) is 0 Å². The van der Waals surface area contributed by atoms with Crippen LogP contribution in [0.25, 0.3) is 0 Å². The molecule has 0 fully saturated rings. The van der Waals surface area contributed by atoms with E-state index in [1.807, 2.05) is 13.8 Å². The molecule has 19 heavy (non-hydrogen) atoms. The number of ether oxygens (including phenoxy) is 1. The van der Waals surface area contributed by atoms with Crippen LogP contribution >= 0.6 is 11.8 Å². The van der Waals surface area contributed by atoms with Crippen LogP contribution in [0.3, 0.4) is 0 Å². The Kier molecular flexibility index (Phi) is 4.45. The highest BCUT2D eigenvalue weighted by Crippen LogP contribution is 2.22. The Bertz CT molecular complexity index is 547. The third-order valence-corrected chi connectivity index (χ3v) is 2.79. The SMILES string of the molecule is CCOc1nc(NC)nc(Sc2ncc(C)cn2)n1. The van der Waals surface area contributed by atoms with E-state index in [1.165, 1.54) is 11.8 Å². The van der Waals surface area contributed by atoms with Crippen LogP contribution in [-0.4, -0.2) is 38.6 Å². The van der Waals surface area contributed by atoms with Crippen molar-refractivity contribution >= 4 is 17.7 Å². The first-order valence-corrected chi connectivity index (χ1v) is 6.56.